The molecule has 0 saturated heterocycles. The number of nitrogens with one attached hydrogen (secondary N) is 1. The van der Waals surface area contributed by atoms with Crippen molar-refractivity contribution in [1.29, 1.82) is 0 Å². The fourth-order valence-electron chi connectivity index (χ4n) is 3.13. The molecule has 8 heteroatoms. The fraction of sp³-hybridized carbons (Fsp3) is 0.200. The van der Waals surface area contributed by atoms with Crippen LogP contribution in [0.15, 0.2) is 77.4 Å². The highest BCUT2D eigenvalue weighted by Crippen LogP contribution is 2.17. The Bertz CT molecular complexity index is 1180. The van der Waals surface area contributed by atoms with Gasteiger partial charge in [0.05, 0.1) is 0 Å². The molecule has 0 atom stereocenters. The summed E-state index contributed by atoms with van der Waals surface area (Å²) in [5.41, 5.74) is 2.64. The summed E-state index contributed by atoms with van der Waals surface area (Å²) in [5.74, 6) is 0.959. The molecule has 0 aliphatic rings. The normalized spacial score (nSPS) is 10.7. The van der Waals surface area contributed by atoms with Gasteiger partial charge in [0, 0.05) is 37.2 Å². The number of halogens is 1. The Morgan fingerprint density at radius 3 is 2.67 bits per heavy atom. The maximum Gasteiger partial charge on any atom is 0.226 e. The van der Waals surface area contributed by atoms with E-state index < -0.39 is 0 Å². The number of amides is 1. The third kappa shape index (κ3) is 6.70. The summed E-state index contributed by atoms with van der Waals surface area (Å²) >= 11 is 0. The molecular weight excluding hydrogens is 423 g/mol. The maximum atomic E-state index is 13.0. The van der Waals surface area contributed by atoms with Gasteiger partial charge in [0.1, 0.15) is 12.4 Å². The summed E-state index contributed by atoms with van der Waals surface area (Å²) in [6, 6.07) is 19.4. The number of aryl methyl sites for hydroxylation is 1. The number of carbonyl (C=O) groups excluding carboxylic acids is 1. The number of hydrogen-bond acceptors (Lipinski definition) is 6. The molecule has 7 nitrogen and oxygen atoms in total. The molecule has 1 N–H and O–H groups in total. The Labute approximate surface area is 190 Å². The summed E-state index contributed by atoms with van der Waals surface area (Å²) in [7, 11) is 0. The first-order chi connectivity index (χ1) is 16.2. The van der Waals surface area contributed by atoms with E-state index in [2.05, 4.69) is 20.4 Å². The Hall–Kier alpha value is -4.07. The lowest BCUT2D eigenvalue weighted by atomic mass is 10.2. The average Bonchev–Trinajstić information content (AvgIpc) is 3.32. The zero-order valence-electron chi connectivity index (χ0n) is 17.9. The second-order valence-electron chi connectivity index (χ2n) is 7.43. The summed E-state index contributed by atoms with van der Waals surface area (Å²) in [4.78, 5) is 20.7. The third-order valence-corrected chi connectivity index (χ3v) is 4.88. The van der Waals surface area contributed by atoms with E-state index in [9.17, 15) is 9.18 Å². The molecule has 168 valence electrons. The standard InChI is InChI=1S/C25H23FN4O3/c26-21-11-9-20(10-12-21)25-29-23(33-30-25)8-4-7-22(31)28-16-19-13-14-27-24(15-19)32-17-18-5-2-1-3-6-18/h1-3,5-6,9-15H,4,7-8,16-17H2,(H,28,31). The second-order valence-corrected chi connectivity index (χ2v) is 7.43. The van der Waals surface area contributed by atoms with Crippen LogP contribution in [0.3, 0.4) is 0 Å². The van der Waals surface area contributed by atoms with Gasteiger partial charge in [-0.2, -0.15) is 4.98 Å². The largest absolute Gasteiger partial charge is 0.473 e. The van der Waals surface area contributed by atoms with Crippen molar-refractivity contribution in [2.24, 2.45) is 0 Å². The van der Waals surface area contributed by atoms with Crippen LogP contribution >= 0.6 is 0 Å². The first kappa shape index (κ1) is 22.1. The Balaban J connectivity index is 1.19. The summed E-state index contributed by atoms with van der Waals surface area (Å²) in [5, 5.41) is 6.80. The van der Waals surface area contributed by atoms with E-state index >= 15 is 0 Å². The Morgan fingerprint density at radius 1 is 1.03 bits per heavy atom. The van der Waals surface area contributed by atoms with Crippen LogP contribution in [0.1, 0.15) is 29.9 Å². The summed E-state index contributed by atoms with van der Waals surface area (Å²) < 4.78 is 24.0. The van der Waals surface area contributed by atoms with E-state index in [0.29, 0.717) is 55.6 Å². The molecule has 2 heterocycles. The van der Waals surface area contributed by atoms with Crippen molar-refractivity contribution in [3.63, 3.8) is 0 Å². The zero-order chi connectivity index (χ0) is 22.9. The van der Waals surface area contributed by atoms with Crippen molar-refractivity contribution in [1.82, 2.24) is 20.4 Å². The molecule has 4 rings (SSSR count). The lowest BCUT2D eigenvalue weighted by molar-refractivity contribution is -0.121. The van der Waals surface area contributed by atoms with E-state index in [0.717, 1.165) is 11.1 Å². The van der Waals surface area contributed by atoms with Crippen molar-refractivity contribution < 1.29 is 18.4 Å². The lowest BCUT2D eigenvalue weighted by Crippen LogP contribution is -2.22. The number of aromatic nitrogens is 3. The number of carbonyl (C=O) groups is 1. The van der Waals surface area contributed by atoms with E-state index in [1.165, 1.54) is 12.1 Å². The number of nitrogens with zero attached hydrogens (tertiary/aromatic N) is 3. The molecule has 2 aromatic heterocycles. The van der Waals surface area contributed by atoms with Crippen molar-refractivity contribution in [3.8, 4) is 17.3 Å². The average molecular weight is 446 g/mol. The maximum absolute atomic E-state index is 13.0. The molecule has 0 fully saturated rings. The lowest BCUT2D eigenvalue weighted by Gasteiger charge is -2.08. The van der Waals surface area contributed by atoms with Gasteiger partial charge < -0.3 is 14.6 Å². The van der Waals surface area contributed by atoms with Crippen LogP contribution in [-0.4, -0.2) is 21.0 Å². The first-order valence-corrected chi connectivity index (χ1v) is 10.6. The SMILES string of the molecule is O=C(CCCc1nc(-c2ccc(F)cc2)no1)NCc1ccnc(OCc2ccccc2)c1. The van der Waals surface area contributed by atoms with Crippen molar-refractivity contribution >= 4 is 5.91 Å². The van der Waals surface area contributed by atoms with Crippen molar-refractivity contribution in [2.75, 3.05) is 0 Å². The number of rotatable bonds is 10. The van der Waals surface area contributed by atoms with Gasteiger partial charge in [0.15, 0.2) is 0 Å². The molecule has 0 unspecified atom stereocenters. The van der Waals surface area contributed by atoms with Gasteiger partial charge in [0.2, 0.25) is 23.5 Å². The molecule has 0 spiro atoms. The van der Waals surface area contributed by atoms with Crippen LogP contribution in [0.4, 0.5) is 4.39 Å². The molecule has 0 aliphatic heterocycles. The quantitative estimate of drug-likeness (QED) is 0.386. The van der Waals surface area contributed by atoms with Crippen LogP contribution in [-0.2, 0) is 24.4 Å². The molecule has 0 radical (unpaired) electrons. The van der Waals surface area contributed by atoms with Crippen LogP contribution in [0.5, 0.6) is 5.88 Å². The van der Waals surface area contributed by atoms with Gasteiger partial charge in [-0.15, -0.1) is 0 Å². The number of ether oxygens (including phenoxy) is 1. The van der Waals surface area contributed by atoms with Crippen LogP contribution in [0, 0.1) is 5.82 Å². The van der Waals surface area contributed by atoms with Crippen LogP contribution in [0.2, 0.25) is 0 Å². The molecule has 2 aromatic carbocycles. The van der Waals surface area contributed by atoms with E-state index in [1.807, 2.05) is 42.5 Å². The fourth-order valence-corrected chi connectivity index (χ4v) is 3.13. The Kier molecular flexibility index (Phi) is 7.37. The van der Waals surface area contributed by atoms with E-state index in [4.69, 9.17) is 9.26 Å². The third-order valence-electron chi connectivity index (χ3n) is 4.88. The summed E-state index contributed by atoms with van der Waals surface area (Å²) in [6.07, 6.45) is 3.04. The van der Waals surface area contributed by atoms with E-state index in [-0.39, 0.29) is 11.7 Å². The number of pyridine rings is 1. The van der Waals surface area contributed by atoms with Crippen LogP contribution in [0.25, 0.3) is 11.4 Å². The minimum Gasteiger partial charge on any atom is -0.473 e. The summed E-state index contributed by atoms with van der Waals surface area (Å²) in [6.45, 7) is 0.820. The molecule has 0 saturated carbocycles. The van der Waals surface area contributed by atoms with Gasteiger partial charge in [0.25, 0.3) is 0 Å². The highest BCUT2D eigenvalue weighted by molar-refractivity contribution is 5.75. The predicted molar refractivity (Wildman–Crippen MR) is 119 cm³/mol. The topological polar surface area (TPSA) is 90.1 Å². The van der Waals surface area contributed by atoms with Crippen LogP contribution < -0.4 is 10.1 Å². The second kappa shape index (κ2) is 11.0. The van der Waals surface area contributed by atoms with Gasteiger partial charge in [-0.3, -0.25) is 4.79 Å². The monoisotopic (exact) mass is 446 g/mol. The highest BCUT2D eigenvalue weighted by atomic mass is 19.1. The highest BCUT2D eigenvalue weighted by Gasteiger charge is 2.10. The van der Waals surface area contributed by atoms with Crippen molar-refractivity contribution in [3.05, 3.63) is 95.8 Å². The number of benzene rings is 2. The van der Waals surface area contributed by atoms with Gasteiger partial charge in [-0.25, -0.2) is 9.37 Å². The molecule has 0 aliphatic carbocycles. The first-order valence-electron chi connectivity index (χ1n) is 10.6. The zero-order valence-corrected chi connectivity index (χ0v) is 17.9. The van der Waals surface area contributed by atoms with Crippen molar-refractivity contribution in [2.45, 2.75) is 32.4 Å². The molecule has 4 aromatic rings. The van der Waals surface area contributed by atoms with E-state index in [1.54, 1.807) is 18.3 Å². The molecule has 1 amide bonds. The van der Waals surface area contributed by atoms with Gasteiger partial charge >= 0.3 is 0 Å². The molecular formula is C25H23FN4O3. The van der Waals surface area contributed by atoms with Gasteiger partial charge in [-0.05, 0) is 47.9 Å². The number of hydrogen-bond donors (Lipinski definition) is 1. The minimum atomic E-state index is -0.323. The Morgan fingerprint density at radius 2 is 1.85 bits per heavy atom. The molecule has 33 heavy (non-hydrogen) atoms. The van der Waals surface area contributed by atoms with Gasteiger partial charge in [-0.1, -0.05) is 35.5 Å². The minimum absolute atomic E-state index is 0.0724. The smallest absolute Gasteiger partial charge is 0.226 e. The molecule has 0 bridgehead atoms. The predicted octanol–water partition coefficient (Wildman–Crippen LogP) is 4.49.